The Hall–Kier alpha value is -3.52. The van der Waals surface area contributed by atoms with Crippen LogP contribution in [0.15, 0.2) is 58.5 Å². The highest BCUT2D eigenvalue weighted by molar-refractivity contribution is 7.11. The molecular formula is C24H24N6OS. The van der Waals surface area contributed by atoms with Gasteiger partial charge in [0.05, 0.1) is 17.2 Å². The minimum absolute atomic E-state index is 0.234. The number of nitrogen functional groups attached to an aromatic ring is 1. The number of carbonyl (C=O) groups is 1. The minimum Gasteiger partial charge on any atom is -0.383 e. The van der Waals surface area contributed by atoms with Gasteiger partial charge in [0.15, 0.2) is 5.65 Å². The molecule has 0 bridgehead atoms. The highest BCUT2D eigenvalue weighted by Gasteiger charge is 2.24. The van der Waals surface area contributed by atoms with Crippen molar-refractivity contribution < 1.29 is 4.79 Å². The van der Waals surface area contributed by atoms with Crippen molar-refractivity contribution in [3.63, 3.8) is 0 Å². The Balaban J connectivity index is 1.51. The third-order valence-corrected chi connectivity index (χ3v) is 6.47. The number of anilines is 1. The SMILES string of the molecule is Nc1c(C(=O)NCCC2=CCCCC2)c2nc3ccccc3nc2n1/N=C\c1cccs1. The molecule has 1 aliphatic rings. The first-order chi connectivity index (χ1) is 15.7. The van der Waals surface area contributed by atoms with E-state index < -0.39 is 0 Å². The summed E-state index contributed by atoms with van der Waals surface area (Å²) in [6, 6.07) is 11.5. The Morgan fingerprint density at radius 3 is 2.78 bits per heavy atom. The Morgan fingerprint density at radius 1 is 1.19 bits per heavy atom. The summed E-state index contributed by atoms with van der Waals surface area (Å²) >= 11 is 1.57. The van der Waals surface area contributed by atoms with Crippen molar-refractivity contribution in [1.82, 2.24) is 20.0 Å². The van der Waals surface area contributed by atoms with Crippen LogP contribution < -0.4 is 11.1 Å². The smallest absolute Gasteiger partial charge is 0.257 e. The number of nitrogens with one attached hydrogen (secondary N) is 1. The van der Waals surface area contributed by atoms with Gasteiger partial charge in [0.25, 0.3) is 5.91 Å². The molecule has 0 saturated heterocycles. The van der Waals surface area contributed by atoms with Gasteiger partial charge in [-0.2, -0.15) is 9.78 Å². The van der Waals surface area contributed by atoms with Crippen molar-refractivity contribution in [1.29, 1.82) is 0 Å². The zero-order valence-corrected chi connectivity index (χ0v) is 18.4. The second-order valence-electron chi connectivity index (χ2n) is 7.83. The Bertz CT molecular complexity index is 1340. The van der Waals surface area contributed by atoms with Crippen LogP contribution >= 0.6 is 11.3 Å². The quantitative estimate of drug-likeness (QED) is 0.332. The van der Waals surface area contributed by atoms with E-state index in [0.717, 1.165) is 29.7 Å². The van der Waals surface area contributed by atoms with Crippen LogP contribution in [0.1, 0.15) is 47.3 Å². The van der Waals surface area contributed by atoms with E-state index in [1.165, 1.54) is 23.1 Å². The number of hydrogen-bond donors (Lipinski definition) is 2. The van der Waals surface area contributed by atoms with Crippen LogP contribution in [0.2, 0.25) is 0 Å². The van der Waals surface area contributed by atoms with Gasteiger partial charge < -0.3 is 11.1 Å². The van der Waals surface area contributed by atoms with E-state index in [9.17, 15) is 4.79 Å². The van der Waals surface area contributed by atoms with Crippen LogP contribution in [0.4, 0.5) is 5.82 Å². The van der Waals surface area contributed by atoms with E-state index in [0.29, 0.717) is 28.8 Å². The molecule has 32 heavy (non-hydrogen) atoms. The minimum atomic E-state index is -0.251. The van der Waals surface area contributed by atoms with Crippen molar-refractivity contribution >= 4 is 51.5 Å². The van der Waals surface area contributed by atoms with E-state index in [1.54, 1.807) is 17.6 Å². The molecule has 0 fully saturated rings. The number of para-hydroxylation sites is 2. The third-order valence-electron chi connectivity index (χ3n) is 5.66. The first-order valence-corrected chi connectivity index (χ1v) is 11.7. The van der Waals surface area contributed by atoms with Crippen LogP contribution in [0, 0.1) is 0 Å². The Labute approximate surface area is 189 Å². The number of hydrogen-bond acceptors (Lipinski definition) is 6. The lowest BCUT2D eigenvalue weighted by molar-refractivity contribution is 0.0956. The van der Waals surface area contributed by atoms with Gasteiger partial charge in [-0.15, -0.1) is 11.3 Å². The maximum Gasteiger partial charge on any atom is 0.257 e. The largest absolute Gasteiger partial charge is 0.383 e. The first kappa shape index (κ1) is 20.4. The molecule has 3 heterocycles. The molecule has 7 nitrogen and oxygen atoms in total. The van der Waals surface area contributed by atoms with E-state index in [-0.39, 0.29) is 11.7 Å². The molecule has 0 saturated carbocycles. The molecular weight excluding hydrogens is 420 g/mol. The van der Waals surface area contributed by atoms with E-state index in [2.05, 4.69) is 16.5 Å². The molecule has 0 aliphatic heterocycles. The summed E-state index contributed by atoms with van der Waals surface area (Å²) in [5, 5.41) is 9.52. The third kappa shape index (κ3) is 4.01. The summed E-state index contributed by atoms with van der Waals surface area (Å²) in [5.41, 5.74) is 10.5. The number of fused-ring (bicyclic) bond motifs is 2. The first-order valence-electron chi connectivity index (χ1n) is 10.8. The van der Waals surface area contributed by atoms with Crippen LogP contribution in [0.3, 0.4) is 0 Å². The molecule has 1 amide bonds. The number of nitrogens with zero attached hydrogens (tertiary/aromatic N) is 4. The molecule has 162 valence electrons. The van der Waals surface area contributed by atoms with Crippen LogP contribution in [0.5, 0.6) is 0 Å². The number of nitrogens with two attached hydrogens (primary N) is 1. The molecule has 5 rings (SSSR count). The van der Waals surface area contributed by atoms with Crippen molar-refractivity contribution in [2.24, 2.45) is 5.10 Å². The lowest BCUT2D eigenvalue weighted by Gasteiger charge is -2.12. The number of amides is 1. The molecule has 8 heteroatoms. The molecule has 4 aromatic rings. The predicted molar refractivity (Wildman–Crippen MR) is 130 cm³/mol. The average Bonchev–Trinajstić information content (AvgIpc) is 3.42. The number of benzene rings is 1. The van der Waals surface area contributed by atoms with Gasteiger partial charge in [-0.1, -0.05) is 29.8 Å². The lowest BCUT2D eigenvalue weighted by Crippen LogP contribution is -2.25. The number of allylic oxidation sites excluding steroid dienone is 1. The topological polar surface area (TPSA) is 98.2 Å². The number of carbonyl (C=O) groups excluding carboxylic acids is 1. The zero-order chi connectivity index (χ0) is 21.9. The molecule has 1 aromatic carbocycles. The monoisotopic (exact) mass is 444 g/mol. The maximum absolute atomic E-state index is 13.2. The molecule has 1 aliphatic carbocycles. The van der Waals surface area contributed by atoms with Crippen molar-refractivity contribution in [2.45, 2.75) is 32.1 Å². The predicted octanol–water partition coefficient (Wildman–Crippen LogP) is 4.73. The molecule has 0 radical (unpaired) electrons. The van der Waals surface area contributed by atoms with Gasteiger partial charge in [0.2, 0.25) is 0 Å². The van der Waals surface area contributed by atoms with Gasteiger partial charge in [-0.25, -0.2) is 9.97 Å². The zero-order valence-electron chi connectivity index (χ0n) is 17.6. The molecule has 3 N–H and O–H groups in total. The standard InChI is InChI=1S/C24H24N6OS/c25-22-20(24(31)26-13-12-16-7-2-1-3-8-16)21-23(29-19-11-5-4-10-18(19)28-21)30(22)27-15-17-9-6-14-32-17/h4-7,9-11,14-15H,1-3,8,12-13,25H2,(H,26,31)/b27-15-. The summed E-state index contributed by atoms with van der Waals surface area (Å²) in [4.78, 5) is 23.6. The Morgan fingerprint density at radius 2 is 2.03 bits per heavy atom. The van der Waals surface area contributed by atoms with Crippen LogP contribution in [0.25, 0.3) is 22.2 Å². The van der Waals surface area contributed by atoms with E-state index in [4.69, 9.17) is 15.7 Å². The molecule has 3 aromatic heterocycles. The summed E-state index contributed by atoms with van der Waals surface area (Å²) in [5.74, 6) is -0.0175. The van der Waals surface area contributed by atoms with E-state index in [1.807, 2.05) is 41.8 Å². The van der Waals surface area contributed by atoms with Gasteiger partial charge in [-0.3, -0.25) is 4.79 Å². The highest BCUT2D eigenvalue weighted by Crippen LogP contribution is 2.28. The van der Waals surface area contributed by atoms with Gasteiger partial charge in [0.1, 0.15) is 16.9 Å². The van der Waals surface area contributed by atoms with Gasteiger partial charge >= 0.3 is 0 Å². The maximum atomic E-state index is 13.2. The fraction of sp³-hybridized carbons (Fsp3) is 0.250. The fourth-order valence-electron chi connectivity index (χ4n) is 4.02. The fourth-order valence-corrected chi connectivity index (χ4v) is 4.60. The number of aromatic nitrogens is 3. The molecule has 0 atom stereocenters. The van der Waals surface area contributed by atoms with Gasteiger partial charge in [-0.05, 0) is 55.7 Å². The van der Waals surface area contributed by atoms with Gasteiger partial charge in [0, 0.05) is 11.4 Å². The van der Waals surface area contributed by atoms with Crippen molar-refractivity contribution in [3.05, 3.63) is 63.9 Å². The second-order valence-corrected chi connectivity index (χ2v) is 8.81. The van der Waals surface area contributed by atoms with Crippen LogP contribution in [-0.4, -0.2) is 33.3 Å². The van der Waals surface area contributed by atoms with E-state index >= 15 is 0 Å². The summed E-state index contributed by atoms with van der Waals surface area (Å²) < 4.78 is 1.51. The van der Waals surface area contributed by atoms with Crippen LogP contribution in [-0.2, 0) is 0 Å². The van der Waals surface area contributed by atoms with Crippen molar-refractivity contribution in [2.75, 3.05) is 12.3 Å². The summed E-state index contributed by atoms with van der Waals surface area (Å²) in [6.07, 6.45) is 9.60. The number of thiophene rings is 1. The van der Waals surface area contributed by atoms with Crippen molar-refractivity contribution in [3.8, 4) is 0 Å². The molecule has 0 unspecified atom stereocenters. The lowest BCUT2D eigenvalue weighted by atomic mass is 9.97. The average molecular weight is 445 g/mol. The molecule has 0 spiro atoms. The normalized spacial score (nSPS) is 14.3. The Kier molecular flexibility index (Phi) is 5.68. The summed E-state index contributed by atoms with van der Waals surface area (Å²) in [6.45, 7) is 0.566. The highest BCUT2D eigenvalue weighted by atomic mass is 32.1. The number of rotatable bonds is 6. The summed E-state index contributed by atoms with van der Waals surface area (Å²) in [7, 11) is 0. The second kappa shape index (κ2) is 8.92.